The second-order valence-electron chi connectivity index (χ2n) is 4.24. The highest BCUT2D eigenvalue weighted by Crippen LogP contribution is 2.21. The highest BCUT2D eigenvalue weighted by Gasteiger charge is 2.14. The zero-order chi connectivity index (χ0) is 14.3. The van der Waals surface area contributed by atoms with Crippen LogP contribution in [0.3, 0.4) is 0 Å². The number of nitrogens with one attached hydrogen (secondary N) is 2. The SMILES string of the molecule is CCNCCCNS(=O)(=O)c1ccc(OC)c(C)c1. The molecule has 0 unspecified atom stereocenters. The molecule has 0 saturated carbocycles. The van der Waals surface area contributed by atoms with E-state index in [1.54, 1.807) is 25.3 Å². The molecule has 1 aromatic rings. The van der Waals surface area contributed by atoms with E-state index in [2.05, 4.69) is 10.0 Å². The van der Waals surface area contributed by atoms with Crippen LogP contribution in [0.5, 0.6) is 5.75 Å². The first kappa shape index (κ1) is 15.9. The number of hydrogen-bond acceptors (Lipinski definition) is 4. The van der Waals surface area contributed by atoms with Gasteiger partial charge in [-0.2, -0.15) is 0 Å². The molecule has 0 aliphatic carbocycles. The Hall–Kier alpha value is -1.11. The molecule has 0 aromatic heterocycles. The molecule has 108 valence electrons. The first-order valence-electron chi connectivity index (χ1n) is 6.36. The van der Waals surface area contributed by atoms with Gasteiger partial charge in [0.2, 0.25) is 10.0 Å². The molecule has 1 aromatic carbocycles. The lowest BCUT2D eigenvalue weighted by Crippen LogP contribution is -2.27. The lowest BCUT2D eigenvalue weighted by Gasteiger charge is -2.09. The summed E-state index contributed by atoms with van der Waals surface area (Å²) in [5, 5.41) is 3.15. The Balaban J connectivity index is 2.64. The lowest BCUT2D eigenvalue weighted by atomic mass is 10.2. The number of aryl methyl sites for hydroxylation is 1. The first-order valence-corrected chi connectivity index (χ1v) is 7.84. The maximum atomic E-state index is 12.0. The summed E-state index contributed by atoms with van der Waals surface area (Å²) in [4.78, 5) is 0.272. The molecule has 0 spiro atoms. The van der Waals surface area contributed by atoms with Gasteiger partial charge in [-0.15, -0.1) is 0 Å². The Morgan fingerprint density at radius 3 is 2.58 bits per heavy atom. The normalized spacial score (nSPS) is 11.5. The molecule has 19 heavy (non-hydrogen) atoms. The van der Waals surface area contributed by atoms with E-state index in [1.807, 2.05) is 13.8 Å². The summed E-state index contributed by atoms with van der Waals surface area (Å²) < 4.78 is 31.8. The average molecular weight is 286 g/mol. The van der Waals surface area contributed by atoms with Gasteiger partial charge in [-0.1, -0.05) is 6.92 Å². The topological polar surface area (TPSA) is 67.4 Å². The Labute approximate surface area is 115 Å². The molecule has 1 rings (SSSR count). The molecular weight excluding hydrogens is 264 g/mol. The number of benzene rings is 1. The van der Waals surface area contributed by atoms with Crippen molar-refractivity contribution in [2.75, 3.05) is 26.7 Å². The molecule has 0 heterocycles. The van der Waals surface area contributed by atoms with Crippen LogP contribution in [0.1, 0.15) is 18.9 Å². The van der Waals surface area contributed by atoms with E-state index >= 15 is 0 Å². The van der Waals surface area contributed by atoms with E-state index < -0.39 is 10.0 Å². The van der Waals surface area contributed by atoms with Crippen LogP contribution < -0.4 is 14.8 Å². The van der Waals surface area contributed by atoms with Crippen LogP contribution >= 0.6 is 0 Å². The summed E-state index contributed by atoms with van der Waals surface area (Å²) in [6.45, 7) is 5.97. The number of ether oxygens (including phenoxy) is 1. The summed E-state index contributed by atoms with van der Waals surface area (Å²) in [6.07, 6.45) is 0.766. The number of rotatable bonds is 8. The minimum absolute atomic E-state index is 0.272. The molecular formula is C13H22N2O3S. The van der Waals surface area contributed by atoms with Gasteiger partial charge in [0.15, 0.2) is 0 Å². The van der Waals surface area contributed by atoms with Gasteiger partial charge in [-0.05, 0) is 50.2 Å². The molecule has 0 radical (unpaired) electrons. The molecule has 0 saturated heterocycles. The molecule has 5 nitrogen and oxygen atoms in total. The van der Waals surface area contributed by atoms with E-state index in [0.717, 1.165) is 25.1 Å². The maximum Gasteiger partial charge on any atom is 0.240 e. The van der Waals surface area contributed by atoms with Gasteiger partial charge in [-0.3, -0.25) is 0 Å². The van der Waals surface area contributed by atoms with Crippen molar-refractivity contribution < 1.29 is 13.2 Å². The van der Waals surface area contributed by atoms with Gasteiger partial charge in [0.1, 0.15) is 5.75 Å². The summed E-state index contributed by atoms with van der Waals surface area (Å²) in [6, 6.07) is 4.84. The van der Waals surface area contributed by atoms with Crippen LogP contribution in [0, 0.1) is 6.92 Å². The van der Waals surface area contributed by atoms with Crippen LogP contribution in [-0.2, 0) is 10.0 Å². The third kappa shape index (κ3) is 4.81. The smallest absolute Gasteiger partial charge is 0.240 e. The van der Waals surface area contributed by atoms with E-state index in [1.165, 1.54) is 0 Å². The Bertz CT molecular complexity index is 501. The molecule has 0 atom stereocenters. The molecule has 0 aliphatic heterocycles. The van der Waals surface area contributed by atoms with Crippen molar-refractivity contribution in [2.24, 2.45) is 0 Å². The summed E-state index contributed by atoms with van der Waals surface area (Å²) in [5.41, 5.74) is 0.804. The number of hydrogen-bond donors (Lipinski definition) is 2. The minimum Gasteiger partial charge on any atom is -0.496 e. The van der Waals surface area contributed by atoms with E-state index in [0.29, 0.717) is 12.3 Å². The van der Waals surface area contributed by atoms with Crippen molar-refractivity contribution >= 4 is 10.0 Å². The van der Waals surface area contributed by atoms with Crippen molar-refractivity contribution in [1.29, 1.82) is 0 Å². The van der Waals surface area contributed by atoms with Gasteiger partial charge < -0.3 is 10.1 Å². The second kappa shape index (κ2) is 7.47. The van der Waals surface area contributed by atoms with E-state index in [-0.39, 0.29) is 4.90 Å². The van der Waals surface area contributed by atoms with Gasteiger partial charge >= 0.3 is 0 Å². The second-order valence-corrected chi connectivity index (χ2v) is 6.00. The Morgan fingerprint density at radius 1 is 1.26 bits per heavy atom. The minimum atomic E-state index is -3.43. The summed E-state index contributed by atoms with van der Waals surface area (Å²) >= 11 is 0. The fourth-order valence-corrected chi connectivity index (χ4v) is 2.86. The highest BCUT2D eigenvalue weighted by molar-refractivity contribution is 7.89. The van der Waals surface area contributed by atoms with Crippen molar-refractivity contribution in [1.82, 2.24) is 10.0 Å². The van der Waals surface area contributed by atoms with E-state index in [9.17, 15) is 8.42 Å². The summed E-state index contributed by atoms with van der Waals surface area (Å²) in [7, 11) is -1.86. The van der Waals surface area contributed by atoms with Gasteiger partial charge in [-0.25, -0.2) is 13.1 Å². The molecule has 6 heteroatoms. The van der Waals surface area contributed by atoms with Crippen molar-refractivity contribution in [3.8, 4) is 5.75 Å². The van der Waals surface area contributed by atoms with Gasteiger partial charge in [0.25, 0.3) is 0 Å². The summed E-state index contributed by atoms with van der Waals surface area (Å²) in [5.74, 6) is 0.686. The predicted octanol–water partition coefficient (Wildman–Crippen LogP) is 1.28. The van der Waals surface area contributed by atoms with Crippen molar-refractivity contribution in [3.05, 3.63) is 23.8 Å². The predicted molar refractivity (Wildman–Crippen MR) is 76.1 cm³/mol. The highest BCUT2D eigenvalue weighted by atomic mass is 32.2. The lowest BCUT2D eigenvalue weighted by molar-refractivity contribution is 0.411. The molecule has 2 N–H and O–H groups in total. The fourth-order valence-electron chi connectivity index (χ4n) is 1.70. The van der Waals surface area contributed by atoms with Gasteiger partial charge in [0, 0.05) is 6.54 Å². The standard InChI is InChI=1S/C13H22N2O3S/c1-4-14-8-5-9-15-19(16,17)12-6-7-13(18-3)11(2)10-12/h6-7,10,14-15H,4-5,8-9H2,1-3H3. The van der Waals surface area contributed by atoms with Crippen molar-refractivity contribution in [3.63, 3.8) is 0 Å². The maximum absolute atomic E-state index is 12.0. The zero-order valence-corrected chi connectivity index (χ0v) is 12.5. The van der Waals surface area contributed by atoms with Crippen LogP contribution in [0.25, 0.3) is 0 Å². The fraction of sp³-hybridized carbons (Fsp3) is 0.538. The van der Waals surface area contributed by atoms with Crippen LogP contribution in [0.15, 0.2) is 23.1 Å². The zero-order valence-electron chi connectivity index (χ0n) is 11.7. The van der Waals surface area contributed by atoms with Gasteiger partial charge in [0.05, 0.1) is 12.0 Å². The molecule has 0 amide bonds. The average Bonchev–Trinajstić information content (AvgIpc) is 2.38. The van der Waals surface area contributed by atoms with Crippen molar-refractivity contribution in [2.45, 2.75) is 25.2 Å². The largest absolute Gasteiger partial charge is 0.496 e. The molecule has 0 bridgehead atoms. The van der Waals surface area contributed by atoms with E-state index in [4.69, 9.17) is 4.74 Å². The molecule has 0 fully saturated rings. The quantitative estimate of drug-likeness (QED) is 0.707. The third-order valence-corrected chi connectivity index (χ3v) is 4.21. The monoisotopic (exact) mass is 286 g/mol. The van der Waals surface area contributed by atoms with Crippen LogP contribution in [-0.4, -0.2) is 35.2 Å². The third-order valence-electron chi connectivity index (χ3n) is 2.75. The first-order chi connectivity index (χ1) is 9.01. The Kier molecular flexibility index (Phi) is 6.27. The van der Waals surface area contributed by atoms with Crippen LogP contribution in [0.2, 0.25) is 0 Å². The number of sulfonamides is 1. The Morgan fingerprint density at radius 2 is 2.00 bits per heavy atom. The number of methoxy groups -OCH3 is 1. The van der Waals surface area contributed by atoms with Crippen LogP contribution in [0.4, 0.5) is 0 Å². The molecule has 0 aliphatic rings.